The zero-order chi connectivity index (χ0) is 20.7. The van der Waals surface area contributed by atoms with Gasteiger partial charge in [0.05, 0.1) is 11.7 Å². The maximum atomic E-state index is 11.2. The Morgan fingerprint density at radius 2 is 1.75 bits per heavy atom. The SMILES string of the molecule is CC(C)CCN(C)CC(O)CCC(C)(O)c1ccc(Cl)cc1-c1ccccc1. The first kappa shape index (κ1) is 22.9. The molecule has 0 heterocycles. The molecule has 3 nitrogen and oxygen atoms in total. The molecule has 2 unspecified atom stereocenters. The molecule has 0 saturated carbocycles. The first-order valence-corrected chi connectivity index (χ1v) is 10.5. The summed E-state index contributed by atoms with van der Waals surface area (Å²) in [6.07, 6.45) is 1.67. The third kappa shape index (κ3) is 6.89. The van der Waals surface area contributed by atoms with Gasteiger partial charge in [-0.3, -0.25) is 0 Å². The van der Waals surface area contributed by atoms with Gasteiger partial charge in [0.25, 0.3) is 0 Å². The third-order valence-electron chi connectivity index (χ3n) is 5.22. The standard InChI is InChI=1S/C24H34ClNO2/c1-18(2)13-15-26(4)17-21(27)12-14-24(3,28)23-11-10-20(25)16-22(23)19-8-6-5-7-9-19/h5-11,16,18,21,27-28H,12-15,17H2,1-4H3. The Balaban J connectivity index is 2.06. The Morgan fingerprint density at radius 1 is 1.07 bits per heavy atom. The monoisotopic (exact) mass is 403 g/mol. The smallest absolute Gasteiger partial charge is 0.0875 e. The van der Waals surface area contributed by atoms with Gasteiger partial charge in [-0.1, -0.05) is 61.8 Å². The fraction of sp³-hybridized carbons (Fsp3) is 0.500. The molecule has 0 aliphatic carbocycles. The second kappa shape index (κ2) is 10.4. The van der Waals surface area contributed by atoms with Gasteiger partial charge in [0.2, 0.25) is 0 Å². The number of rotatable bonds is 10. The van der Waals surface area contributed by atoms with Crippen molar-refractivity contribution in [2.45, 2.75) is 51.7 Å². The number of halogens is 1. The zero-order valence-electron chi connectivity index (χ0n) is 17.5. The highest BCUT2D eigenvalue weighted by atomic mass is 35.5. The highest BCUT2D eigenvalue weighted by Gasteiger charge is 2.27. The van der Waals surface area contributed by atoms with E-state index in [2.05, 4.69) is 18.7 Å². The summed E-state index contributed by atoms with van der Waals surface area (Å²) in [7, 11) is 2.04. The second-order valence-electron chi connectivity index (χ2n) is 8.47. The van der Waals surface area contributed by atoms with Crippen LogP contribution in [-0.4, -0.2) is 41.4 Å². The van der Waals surface area contributed by atoms with Crippen LogP contribution in [0.2, 0.25) is 5.02 Å². The largest absolute Gasteiger partial charge is 0.392 e. The lowest BCUT2D eigenvalue weighted by molar-refractivity contribution is 0.0237. The van der Waals surface area contributed by atoms with Crippen molar-refractivity contribution in [2.24, 2.45) is 5.92 Å². The van der Waals surface area contributed by atoms with Gasteiger partial charge in [0.15, 0.2) is 0 Å². The van der Waals surface area contributed by atoms with Crippen molar-refractivity contribution in [3.8, 4) is 11.1 Å². The molecule has 0 radical (unpaired) electrons. The van der Waals surface area contributed by atoms with Crippen LogP contribution in [-0.2, 0) is 5.60 Å². The molecule has 0 bridgehead atoms. The van der Waals surface area contributed by atoms with Gasteiger partial charge >= 0.3 is 0 Å². The average molecular weight is 404 g/mol. The van der Waals surface area contributed by atoms with E-state index in [1.807, 2.05) is 62.5 Å². The Bertz CT molecular complexity index is 731. The van der Waals surface area contributed by atoms with Crippen molar-refractivity contribution >= 4 is 11.6 Å². The van der Waals surface area contributed by atoms with E-state index >= 15 is 0 Å². The highest BCUT2D eigenvalue weighted by Crippen LogP contribution is 2.36. The van der Waals surface area contributed by atoms with Gasteiger partial charge in [-0.25, -0.2) is 0 Å². The third-order valence-corrected chi connectivity index (χ3v) is 5.46. The summed E-state index contributed by atoms with van der Waals surface area (Å²) in [6.45, 7) is 7.82. The van der Waals surface area contributed by atoms with Crippen LogP contribution in [0.25, 0.3) is 11.1 Å². The number of benzene rings is 2. The molecular formula is C24H34ClNO2. The number of aliphatic hydroxyl groups excluding tert-OH is 1. The van der Waals surface area contributed by atoms with Gasteiger partial charge in [-0.05, 0) is 74.5 Å². The topological polar surface area (TPSA) is 43.7 Å². The predicted molar refractivity (Wildman–Crippen MR) is 119 cm³/mol. The van der Waals surface area contributed by atoms with E-state index in [1.165, 1.54) is 0 Å². The lowest BCUT2D eigenvalue weighted by Gasteiger charge is -2.29. The highest BCUT2D eigenvalue weighted by molar-refractivity contribution is 6.30. The molecule has 0 aromatic heterocycles. The number of hydrogen-bond donors (Lipinski definition) is 2. The van der Waals surface area contributed by atoms with Gasteiger partial charge in [0.1, 0.15) is 0 Å². The van der Waals surface area contributed by atoms with Crippen molar-refractivity contribution in [1.82, 2.24) is 4.90 Å². The first-order chi connectivity index (χ1) is 13.2. The molecule has 0 aliphatic heterocycles. The fourth-order valence-electron chi connectivity index (χ4n) is 3.45. The van der Waals surface area contributed by atoms with Crippen molar-refractivity contribution < 1.29 is 10.2 Å². The van der Waals surface area contributed by atoms with E-state index in [4.69, 9.17) is 11.6 Å². The summed E-state index contributed by atoms with van der Waals surface area (Å²) in [5.41, 5.74) is 1.74. The number of likely N-dealkylation sites (N-methyl/N-ethyl adjacent to an activating group) is 1. The number of aliphatic hydroxyl groups is 2. The molecule has 2 atom stereocenters. The van der Waals surface area contributed by atoms with E-state index < -0.39 is 11.7 Å². The van der Waals surface area contributed by atoms with Gasteiger partial charge < -0.3 is 15.1 Å². The van der Waals surface area contributed by atoms with Crippen LogP contribution < -0.4 is 0 Å². The summed E-state index contributed by atoms with van der Waals surface area (Å²) < 4.78 is 0. The maximum Gasteiger partial charge on any atom is 0.0875 e. The van der Waals surface area contributed by atoms with Crippen LogP contribution >= 0.6 is 11.6 Å². The molecule has 0 aliphatic rings. The summed E-state index contributed by atoms with van der Waals surface area (Å²) in [5.74, 6) is 0.654. The fourth-order valence-corrected chi connectivity index (χ4v) is 3.62. The molecule has 154 valence electrons. The minimum atomic E-state index is -1.05. The van der Waals surface area contributed by atoms with E-state index in [9.17, 15) is 10.2 Å². The Morgan fingerprint density at radius 3 is 2.39 bits per heavy atom. The van der Waals surface area contributed by atoms with Crippen LogP contribution in [0.1, 0.15) is 45.6 Å². The summed E-state index contributed by atoms with van der Waals surface area (Å²) >= 11 is 6.23. The average Bonchev–Trinajstić information content (AvgIpc) is 2.65. The molecule has 0 amide bonds. The molecule has 0 spiro atoms. The molecule has 0 saturated heterocycles. The normalized spacial score (nSPS) is 15.0. The first-order valence-electron chi connectivity index (χ1n) is 10.1. The molecule has 4 heteroatoms. The minimum Gasteiger partial charge on any atom is -0.392 e. The van der Waals surface area contributed by atoms with Gasteiger partial charge in [0, 0.05) is 11.6 Å². The Kier molecular flexibility index (Phi) is 8.51. The molecule has 28 heavy (non-hydrogen) atoms. The Hall–Kier alpha value is -1.39. The van der Waals surface area contributed by atoms with E-state index in [-0.39, 0.29) is 0 Å². The van der Waals surface area contributed by atoms with Crippen molar-refractivity contribution in [3.63, 3.8) is 0 Å². The van der Waals surface area contributed by atoms with Crippen LogP contribution in [0.15, 0.2) is 48.5 Å². The van der Waals surface area contributed by atoms with E-state index in [1.54, 1.807) is 0 Å². The quantitative estimate of drug-likeness (QED) is 0.563. The van der Waals surface area contributed by atoms with Gasteiger partial charge in [-0.2, -0.15) is 0 Å². The van der Waals surface area contributed by atoms with Crippen LogP contribution in [0.3, 0.4) is 0 Å². The van der Waals surface area contributed by atoms with Crippen LogP contribution in [0.4, 0.5) is 0 Å². The zero-order valence-corrected chi connectivity index (χ0v) is 18.3. The lowest BCUT2D eigenvalue weighted by Crippen LogP contribution is -2.32. The Labute approximate surface area is 175 Å². The summed E-state index contributed by atoms with van der Waals surface area (Å²) in [4.78, 5) is 2.16. The van der Waals surface area contributed by atoms with E-state index in [0.29, 0.717) is 30.3 Å². The predicted octanol–water partition coefficient (Wildman–Crippen LogP) is 5.33. The number of hydrogen-bond acceptors (Lipinski definition) is 3. The molecule has 0 fully saturated rings. The van der Waals surface area contributed by atoms with E-state index in [0.717, 1.165) is 29.7 Å². The van der Waals surface area contributed by atoms with Gasteiger partial charge in [-0.15, -0.1) is 0 Å². The summed E-state index contributed by atoms with van der Waals surface area (Å²) in [5, 5.41) is 22.3. The van der Waals surface area contributed by atoms with Crippen LogP contribution in [0, 0.1) is 5.92 Å². The summed E-state index contributed by atoms with van der Waals surface area (Å²) in [6, 6.07) is 15.6. The van der Waals surface area contributed by atoms with Crippen molar-refractivity contribution in [3.05, 3.63) is 59.1 Å². The van der Waals surface area contributed by atoms with Crippen molar-refractivity contribution in [1.29, 1.82) is 0 Å². The second-order valence-corrected chi connectivity index (χ2v) is 8.90. The maximum absolute atomic E-state index is 11.2. The molecule has 2 aromatic carbocycles. The molecular weight excluding hydrogens is 370 g/mol. The lowest BCUT2D eigenvalue weighted by atomic mass is 9.84. The molecule has 2 N–H and O–H groups in total. The minimum absolute atomic E-state index is 0.462. The molecule has 2 aromatic rings. The van der Waals surface area contributed by atoms with Crippen LogP contribution in [0.5, 0.6) is 0 Å². The van der Waals surface area contributed by atoms with Crippen molar-refractivity contribution in [2.75, 3.05) is 20.1 Å². The molecule has 2 rings (SSSR count). The number of nitrogens with zero attached hydrogens (tertiary/aromatic N) is 1.